The van der Waals surface area contributed by atoms with Gasteiger partial charge in [0.2, 0.25) is 10.0 Å². The van der Waals surface area contributed by atoms with Crippen molar-refractivity contribution < 1.29 is 22.7 Å². The van der Waals surface area contributed by atoms with Gasteiger partial charge in [-0.3, -0.25) is 4.79 Å². The lowest BCUT2D eigenvalue weighted by Crippen LogP contribution is -2.46. The van der Waals surface area contributed by atoms with Gasteiger partial charge >= 0.3 is 0 Å². The van der Waals surface area contributed by atoms with Crippen molar-refractivity contribution in [2.75, 3.05) is 20.8 Å². The zero-order chi connectivity index (χ0) is 30.1. The predicted molar refractivity (Wildman–Crippen MR) is 167 cm³/mol. The number of carbonyl (C=O) groups is 1. The highest BCUT2D eigenvalue weighted by molar-refractivity contribution is 7.89. The zero-order valence-electron chi connectivity index (χ0n) is 24.1. The minimum absolute atomic E-state index is 0.0154. The molecule has 43 heavy (non-hydrogen) atoms. The fourth-order valence-corrected chi connectivity index (χ4v) is 8.16. The SMILES string of the molecule is COc1ccc(/C=C2/CCCC3C2=NN(C(=O)C2CCCN2S(=O)(=O)c2ccc(Cl)cc2)C3c2ccc(OC)cc2)cc1. The van der Waals surface area contributed by atoms with E-state index in [0.717, 1.165) is 53.2 Å². The third-order valence-corrected chi connectivity index (χ3v) is 10.7. The average Bonchev–Trinajstić information content (AvgIpc) is 3.68. The Morgan fingerprint density at radius 3 is 2.21 bits per heavy atom. The fraction of sp³-hybridized carbons (Fsp3) is 0.333. The number of carbonyl (C=O) groups excluding carboxylic acids is 1. The van der Waals surface area contributed by atoms with Crippen LogP contribution in [0, 0.1) is 5.92 Å². The number of fused-ring (bicyclic) bond motifs is 1. The van der Waals surface area contributed by atoms with Crippen molar-refractivity contribution in [3.05, 3.63) is 94.5 Å². The third kappa shape index (κ3) is 5.69. The van der Waals surface area contributed by atoms with E-state index in [4.69, 9.17) is 26.2 Å². The quantitative estimate of drug-likeness (QED) is 0.308. The van der Waals surface area contributed by atoms with Gasteiger partial charge in [-0.15, -0.1) is 0 Å². The van der Waals surface area contributed by atoms with E-state index >= 15 is 0 Å². The number of halogens is 1. The van der Waals surface area contributed by atoms with Crippen LogP contribution in [0.3, 0.4) is 0 Å². The molecule has 0 spiro atoms. The van der Waals surface area contributed by atoms with Crippen molar-refractivity contribution in [2.45, 2.75) is 49.1 Å². The van der Waals surface area contributed by atoms with Crippen molar-refractivity contribution in [1.82, 2.24) is 9.31 Å². The lowest BCUT2D eigenvalue weighted by atomic mass is 9.77. The van der Waals surface area contributed by atoms with Crippen LogP contribution in [0.5, 0.6) is 11.5 Å². The molecule has 10 heteroatoms. The Balaban J connectivity index is 1.38. The lowest BCUT2D eigenvalue weighted by molar-refractivity contribution is -0.137. The van der Waals surface area contributed by atoms with Crippen LogP contribution in [0.15, 0.2) is 88.4 Å². The normalized spacial score (nSPS) is 23.2. The largest absolute Gasteiger partial charge is 0.497 e. The number of nitrogens with zero attached hydrogens (tertiary/aromatic N) is 3. The Morgan fingerprint density at radius 2 is 1.56 bits per heavy atom. The van der Waals surface area contributed by atoms with Gasteiger partial charge < -0.3 is 9.47 Å². The lowest BCUT2D eigenvalue weighted by Gasteiger charge is -2.32. The maximum atomic E-state index is 14.4. The Kier molecular flexibility index (Phi) is 8.31. The number of hydrazone groups is 1. The van der Waals surface area contributed by atoms with Gasteiger partial charge in [-0.25, -0.2) is 13.4 Å². The van der Waals surface area contributed by atoms with Gasteiger partial charge in [-0.05, 0) is 103 Å². The van der Waals surface area contributed by atoms with Crippen LogP contribution >= 0.6 is 11.6 Å². The molecule has 1 amide bonds. The molecule has 3 aromatic carbocycles. The first-order valence-electron chi connectivity index (χ1n) is 14.5. The topological polar surface area (TPSA) is 88.5 Å². The van der Waals surface area contributed by atoms with Crippen LogP contribution in [0.2, 0.25) is 5.02 Å². The van der Waals surface area contributed by atoms with Crippen LogP contribution in [0.4, 0.5) is 0 Å². The maximum Gasteiger partial charge on any atom is 0.261 e. The number of amides is 1. The number of methoxy groups -OCH3 is 2. The van der Waals surface area contributed by atoms with Crippen LogP contribution in [-0.2, 0) is 14.8 Å². The van der Waals surface area contributed by atoms with Crippen LogP contribution < -0.4 is 9.47 Å². The summed E-state index contributed by atoms with van der Waals surface area (Å²) in [7, 11) is -0.651. The minimum atomic E-state index is -3.91. The summed E-state index contributed by atoms with van der Waals surface area (Å²) in [4.78, 5) is 14.5. The second-order valence-electron chi connectivity index (χ2n) is 11.1. The number of allylic oxidation sites excluding steroid dienone is 1. The van der Waals surface area contributed by atoms with Gasteiger partial charge in [-0.2, -0.15) is 9.41 Å². The first-order chi connectivity index (χ1) is 20.8. The second-order valence-corrected chi connectivity index (χ2v) is 13.4. The fourth-order valence-electron chi connectivity index (χ4n) is 6.39. The molecular formula is C33H34ClN3O5S. The van der Waals surface area contributed by atoms with Crippen LogP contribution in [0.1, 0.15) is 49.3 Å². The Bertz CT molecular complexity index is 1650. The molecule has 1 saturated heterocycles. The highest BCUT2D eigenvalue weighted by Crippen LogP contribution is 2.45. The van der Waals surface area contributed by atoms with E-state index in [1.54, 1.807) is 31.4 Å². The molecule has 0 radical (unpaired) electrons. The van der Waals surface area contributed by atoms with Crippen molar-refractivity contribution in [2.24, 2.45) is 11.0 Å². The van der Waals surface area contributed by atoms with E-state index in [2.05, 4.69) is 6.08 Å². The summed E-state index contributed by atoms with van der Waals surface area (Å²) < 4.78 is 39.4. The Labute approximate surface area is 257 Å². The standard InChI is InChI=1S/C33H34ClN3O5S/c1-41-26-14-8-22(9-15-26)21-24-5-3-6-29-31(24)35-37(32(29)23-10-16-27(42-2)17-11-23)33(38)30-7-4-20-36(30)43(39,40)28-18-12-25(34)13-19-28/h8-19,21,29-30,32H,3-7,20H2,1-2H3/b24-21-. The average molecular weight is 620 g/mol. The van der Waals surface area contributed by atoms with Crippen molar-refractivity contribution in [3.63, 3.8) is 0 Å². The van der Waals surface area contributed by atoms with E-state index in [1.165, 1.54) is 16.4 Å². The molecule has 2 aliphatic heterocycles. The summed E-state index contributed by atoms with van der Waals surface area (Å²) in [6.45, 7) is 0.269. The molecule has 2 fully saturated rings. The second kappa shape index (κ2) is 12.1. The summed E-state index contributed by atoms with van der Waals surface area (Å²) in [5, 5.41) is 7.02. The highest BCUT2D eigenvalue weighted by Gasteiger charge is 2.48. The molecule has 1 saturated carbocycles. The molecule has 224 valence electrons. The molecule has 2 heterocycles. The van der Waals surface area contributed by atoms with E-state index < -0.39 is 16.1 Å². The molecule has 3 aliphatic rings. The molecule has 0 bridgehead atoms. The highest BCUT2D eigenvalue weighted by atomic mass is 35.5. The number of ether oxygens (including phenoxy) is 2. The summed E-state index contributed by atoms with van der Waals surface area (Å²) in [6.07, 6.45) is 5.83. The number of rotatable bonds is 7. The smallest absolute Gasteiger partial charge is 0.261 e. The van der Waals surface area contributed by atoms with Crippen LogP contribution in [0.25, 0.3) is 6.08 Å². The van der Waals surface area contributed by atoms with E-state index in [0.29, 0.717) is 17.9 Å². The van der Waals surface area contributed by atoms with Gasteiger partial charge in [0.25, 0.3) is 5.91 Å². The molecule has 3 aromatic rings. The Morgan fingerprint density at radius 1 is 0.907 bits per heavy atom. The summed E-state index contributed by atoms with van der Waals surface area (Å²) >= 11 is 6.01. The summed E-state index contributed by atoms with van der Waals surface area (Å²) in [5.41, 5.74) is 3.95. The van der Waals surface area contributed by atoms with Crippen molar-refractivity contribution in [3.8, 4) is 11.5 Å². The molecule has 3 atom stereocenters. The maximum absolute atomic E-state index is 14.4. The monoisotopic (exact) mass is 619 g/mol. The number of benzene rings is 3. The molecule has 1 aliphatic carbocycles. The number of sulfonamides is 1. The van der Waals surface area contributed by atoms with E-state index in [1.807, 2.05) is 48.5 Å². The molecule has 0 aromatic heterocycles. The zero-order valence-corrected chi connectivity index (χ0v) is 25.7. The summed E-state index contributed by atoms with van der Waals surface area (Å²) in [5.74, 6) is 1.19. The molecule has 6 rings (SSSR count). The van der Waals surface area contributed by atoms with E-state index in [-0.39, 0.29) is 29.3 Å². The van der Waals surface area contributed by atoms with Gasteiger partial charge in [0, 0.05) is 17.5 Å². The van der Waals surface area contributed by atoms with Gasteiger partial charge in [0.1, 0.15) is 17.5 Å². The molecule has 3 unspecified atom stereocenters. The third-order valence-electron chi connectivity index (χ3n) is 8.55. The van der Waals surface area contributed by atoms with Crippen LogP contribution in [-0.4, -0.2) is 56.2 Å². The van der Waals surface area contributed by atoms with Gasteiger partial charge in [0.15, 0.2) is 0 Å². The number of hydrogen-bond donors (Lipinski definition) is 0. The minimum Gasteiger partial charge on any atom is -0.497 e. The van der Waals surface area contributed by atoms with Gasteiger partial charge in [0.05, 0.1) is 30.9 Å². The Hall–Kier alpha value is -3.66. The number of hydrogen-bond acceptors (Lipinski definition) is 6. The summed E-state index contributed by atoms with van der Waals surface area (Å²) in [6, 6.07) is 20.5. The first kappa shape index (κ1) is 29.4. The first-order valence-corrected chi connectivity index (χ1v) is 16.3. The molecule has 8 nitrogen and oxygen atoms in total. The van der Waals surface area contributed by atoms with Crippen molar-refractivity contribution in [1.29, 1.82) is 0 Å². The van der Waals surface area contributed by atoms with Crippen molar-refractivity contribution >= 4 is 39.3 Å². The van der Waals surface area contributed by atoms with Gasteiger partial charge in [-0.1, -0.05) is 35.9 Å². The molecule has 0 N–H and O–H groups in total. The molecular weight excluding hydrogens is 586 g/mol. The predicted octanol–water partition coefficient (Wildman–Crippen LogP) is 6.33. The van der Waals surface area contributed by atoms with E-state index in [9.17, 15) is 13.2 Å².